The van der Waals surface area contributed by atoms with Crippen LogP contribution in [0.15, 0.2) is 48.8 Å². The summed E-state index contributed by atoms with van der Waals surface area (Å²) in [5.41, 5.74) is 1.33. The monoisotopic (exact) mass is 256 g/mol. The van der Waals surface area contributed by atoms with E-state index in [1.807, 2.05) is 0 Å². The highest BCUT2D eigenvalue weighted by atomic mass is 16.5. The summed E-state index contributed by atoms with van der Waals surface area (Å²) in [5.74, 6) is 0.635. The largest absolute Gasteiger partial charge is 0.494 e. The predicted molar refractivity (Wildman–Crippen MR) is 74.4 cm³/mol. The fourth-order valence-electron chi connectivity index (χ4n) is 1.56. The van der Waals surface area contributed by atoms with Crippen molar-refractivity contribution >= 4 is 11.6 Å². The van der Waals surface area contributed by atoms with E-state index in [4.69, 9.17) is 4.74 Å². The number of aromatic nitrogens is 1. The third kappa shape index (κ3) is 3.81. The van der Waals surface area contributed by atoms with E-state index in [0.717, 1.165) is 17.9 Å². The summed E-state index contributed by atoms with van der Waals surface area (Å²) < 4.78 is 5.47. The second kappa shape index (κ2) is 6.54. The number of anilines is 1. The Labute approximate surface area is 112 Å². The molecule has 0 unspecified atom stereocenters. The van der Waals surface area contributed by atoms with E-state index in [9.17, 15) is 4.79 Å². The summed E-state index contributed by atoms with van der Waals surface area (Å²) in [6.45, 7) is 2.74. The number of pyridine rings is 1. The van der Waals surface area contributed by atoms with Gasteiger partial charge in [0, 0.05) is 23.6 Å². The van der Waals surface area contributed by atoms with Crippen LogP contribution in [0.3, 0.4) is 0 Å². The zero-order chi connectivity index (χ0) is 13.5. The van der Waals surface area contributed by atoms with Crippen molar-refractivity contribution < 1.29 is 9.53 Å². The number of benzene rings is 1. The topological polar surface area (TPSA) is 51.2 Å². The number of ether oxygens (including phenoxy) is 1. The Balaban J connectivity index is 1.99. The minimum atomic E-state index is -0.145. The minimum Gasteiger partial charge on any atom is -0.494 e. The molecule has 2 aromatic rings. The molecule has 0 atom stereocenters. The molecule has 0 aliphatic heterocycles. The second-order valence-electron chi connectivity index (χ2n) is 4.06. The van der Waals surface area contributed by atoms with E-state index in [0.29, 0.717) is 12.2 Å². The molecule has 1 aromatic carbocycles. The number of carbonyl (C=O) groups is 1. The fourth-order valence-corrected chi connectivity index (χ4v) is 1.56. The minimum absolute atomic E-state index is 0.145. The van der Waals surface area contributed by atoms with E-state index >= 15 is 0 Å². The molecule has 4 nitrogen and oxygen atoms in total. The van der Waals surface area contributed by atoms with Crippen LogP contribution in [-0.2, 0) is 0 Å². The highest BCUT2D eigenvalue weighted by Gasteiger charge is 2.05. The van der Waals surface area contributed by atoms with Crippen LogP contribution >= 0.6 is 0 Å². The van der Waals surface area contributed by atoms with E-state index in [2.05, 4.69) is 17.2 Å². The molecule has 0 bridgehead atoms. The van der Waals surface area contributed by atoms with E-state index in [-0.39, 0.29) is 5.91 Å². The molecule has 0 radical (unpaired) electrons. The number of nitrogens with one attached hydrogen (secondary N) is 1. The summed E-state index contributed by atoms with van der Waals surface area (Å²) in [6, 6.07) is 10.6. The average Bonchev–Trinajstić information content (AvgIpc) is 2.46. The summed E-state index contributed by atoms with van der Waals surface area (Å²) in [7, 11) is 0. The van der Waals surface area contributed by atoms with Crippen LogP contribution in [0.25, 0.3) is 0 Å². The lowest BCUT2D eigenvalue weighted by Gasteiger charge is -2.07. The van der Waals surface area contributed by atoms with Crippen LogP contribution in [0.4, 0.5) is 5.69 Å². The van der Waals surface area contributed by atoms with Crippen molar-refractivity contribution in [3.8, 4) is 5.75 Å². The summed E-state index contributed by atoms with van der Waals surface area (Å²) >= 11 is 0. The van der Waals surface area contributed by atoms with E-state index in [1.54, 1.807) is 48.8 Å². The number of hydrogen-bond donors (Lipinski definition) is 1. The Kier molecular flexibility index (Phi) is 4.50. The molecule has 4 heteroatoms. The van der Waals surface area contributed by atoms with Gasteiger partial charge in [-0.1, -0.05) is 6.92 Å². The van der Waals surface area contributed by atoms with Crippen molar-refractivity contribution in [2.75, 3.05) is 11.9 Å². The molecular weight excluding hydrogens is 240 g/mol. The first-order valence-corrected chi connectivity index (χ1v) is 6.24. The van der Waals surface area contributed by atoms with Crippen molar-refractivity contribution in [3.05, 3.63) is 54.4 Å². The maximum absolute atomic E-state index is 12.0. The molecule has 19 heavy (non-hydrogen) atoms. The standard InChI is InChI=1S/C15H16N2O2/c1-2-11-19-14-5-3-12(4-6-14)15(18)17-13-7-9-16-10-8-13/h3-10H,2,11H2,1H3,(H,16,17,18). The van der Waals surface area contributed by atoms with Gasteiger partial charge in [-0.2, -0.15) is 0 Å². The maximum atomic E-state index is 12.0. The molecule has 0 saturated heterocycles. The second-order valence-corrected chi connectivity index (χ2v) is 4.06. The number of hydrogen-bond acceptors (Lipinski definition) is 3. The first-order chi connectivity index (χ1) is 9.29. The van der Waals surface area contributed by atoms with Crippen LogP contribution in [-0.4, -0.2) is 17.5 Å². The van der Waals surface area contributed by atoms with Gasteiger partial charge in [0.2, 0.25) is 0 Å². The van der Waals surface area contributed by atoms with Gasteiger partial charge in [0.1, 0.15) is 5.75 Å². The molecule has 2 rings (SSSR count). The lowest BCUT2D eigenvalue weighted by atomic mass is 10.2. The third-order valence-corrected chi connectivity index (χ3v) is 2.53. The van der Waals surface area contributed by atoms with E-state index in [1.165, 1.54) is 0 Å². The molecule has 1 heterocycles. The van der Waals surface area contributed by atoms with Crippen LogP contribution in [0.1, 0.15) is 23.7 Å². The molecule has 1 aromatic heterocycles. The van der Waals surface area contributed by atoms with Gasteiger partial charge in [0.15, 0.2) is 0 Å². The van der Waals surface area contributed by atoms with Crippen LogP contribution in [0.5, 0.6) is 5.75 Å². The normalized spacial score (nSPS) is 9.95. The maximum Gasteiger partial charge on any atom is 0.255 e. The zero-order valence-corrected chi connectivity index (χ0v) is 10.8. The van der Waals surface area contributed by atoms with Gasteiger partial charge in [0.05, 0.1) is 6.61 Å². The molecule has 1 amide bonds. The van der Waals surface area contributed by atoms with Gasteiger partial charge < -0.3 is 10.1 Å². The lowest BCUT2D eigenvalue weighted by Crippen LogP contribution is -2.11. The first-order valence-electron chi connectivity index (χ1n) is 6.24. The molecule has 98 valence electrons. The highest BCUT2D eigenvalue weighted by Crippen LogP contribution is 2.14. The van der Waals surface area contributed by atoms with Crippen molar-refractivity contribution in [2.24, 2.45) is 0 Å². The van der Waals surface area contributed by atoms with Gasteiger partial charge in [-0.15, -0.1) is 0 Å². The Hall–Kier alpha value is -2.36. The van der Waals surface area contributed by atoms with Gasteiger partial charge >= 0.3 is 0 Å². The number of amides is 1. The van der Waals surface area contributed by atoms with E-state index < -0.39 is 0 Å². The lowest BCUT2D eigenvalue weighted by molar-refractivity contribution is 0.102. The van der Waals surface area contributed by atoms with Gasteiger partial charge in [-0.25, -0.2) is 0 Å². The van der Waals surface area contributed by atoms with Crippen molar-refractivity contribution in [1.82, 2.24) is 4.98 Å². The average molecular weight is 256 g/mol. The van der Waals surface area contributed by atoms with Crippen molar-refractivity contribution in [2.45, 2.75) is 13.3 Å². The molecule has 0 aliphatic rings. The summed E-state index contributed by atoms with van der Waals surface area (Å²) in [4.78, 5) is 15.9. The zero-order valence-electron chi connectivity index (χ0n) is 10.8. The van der Waals surface area contributed by atoms with Crippen molar-refractivity contribution in [3.63, 3.8) is 0 Å². The molecule has 1 N–H and O–H groups in total. The summed E-state index contributed by atoms with van der Waals surface area (Å²) in [5, 5.41) is 2.80. The van der Waals surface area contributed by atoms with Crippen LogP contribution in [0, 0.1) is 0 Å². The summed E-state index contributed by atoms with van der Waals surface area (Å²) in [6.07, 6.45) is 4.24. The Morgan fingerprint density at radius 2 is 1.84 bits per heavy atom. The highest BCUT2D eigenvalue weighted by molar-refractivity contribution is 6.04. The molecule has 0 fully saturated rings. The first kappa shape index (κ1) is 13.1. The number of carbonyl (C=O) groups excluding carboxylic acids is 1. The fraction of sp³-hybridized carbons (Fsp3) is 0.200. The smallest absolute Gasteiger partial charge is 0.255 e. The van der Waals surface area contributed by atoms with Crippen LogP contribution in [0.2, 0.25) is 0 Å². The predicted octanol–water partition coefficient (Wildman–Crippen LogP) is 3.12. The van der Waals surface area contributed by atoms with Crippen molar-refractivity contribution in [1.29, 1.82) is 0 Å². The molecule has 0 spiro atoms. The van der Waals surface area contributed by atoms with Gasteiger partial charge in [-0.05, 0) is 42.8 Å². The molecule has 0 saturated carbocycles. The Morgan fingerprint density at radius 1 is 1.16 bits per heavy atom. The SMILES string of the molecule is CCCOc1ccc(C(=O)Nc2ccncc2)cc1. The Bertz CT molecular complexity index is 524. The third-order valence-electron chi connectivity index (χ3n) is 2.53. The quantitative estimate of drug-likeness (QED) is 0.894. The van der Waals surface area contributed by atoms with Crippen LogP contribution < -0.4 is 10.1 Å². The van der Waals surface area contributed by atoms with Gasteiger partial charge in [0.25, 0.3) is 5.91 Å². The number of nitrogens with zero attached hydrogens (tertiary/aromatic N) is 1. The molecular formula is C15H16N2O2. The Morgan fingerprint density at radius 3 is 2.47 bits per heavy atom. The number of rotatable bonds is 5. The van der Waals surface area contributed by atoms with Gasteiger partial charge in [-0.3, -0.25) is 9.78 Å². The molecule has 0 aliphatic carbocycles.